The van der Waals surface area contributed by atoms with Gasteiger partial charge < -0.3 is 10.5 Å². The molecule has 2 rings (SSSR count). The summed E-state index contributed by atoms with van der Waals surface area (Å²) in [7, 11) is 0. The minimum Gasteiger partial charge on any atom is -0.377 e. The zero-order valence-corrected chi connectivity index (χ0v) is 12.2. The minimum atomic E-state index is 0.440. The van der Waals surface area contributed by atoms with E-state index in [9.17, 15) is 0 Å². The van der Waals surface area contributed by atoms with Crippen molar-refractivity contribution < 1.29 is 4.74 Å². The van der Waals surface area contributed by atoms with Crippen LogP contribution in [0.2, 0.25) is 0 Å². The van der Waals surface area contributed by atoms with Gasteiger partial charge in [-0.3, -0.25) is 0 Å². The number of ether oxygens (including phenoxy) is 1. The van der Waals surface area contributed by atoms with Gasteiger partial charge in [0.1, 0.15) is 0 Å². The average Bonchev–Trinajstić information content (AvgIpc) is 2.81. The molecule has 0 saturated carbocycles. The molecule has 1 aromatic carbocycles. The summed E-state index contributed by atoms with van der Waals surface area (Å²) >= 11 is 5.49. The quantitative estimate of drug-likeness (QED) is 0.847. The molecule has 0 aliphatic carbocycles. The molecule has 94 valence electrons. The molecule has 2 nitrogen and oxygen atoms in total. The first-order valence-corrected chi connectivity index (χ1v) is 7.80. The second kappa shape index (κ2) is 6.78. The Morgan fingerprint density at radius 2 is 2.35 bits per heavy atom. The number of rotatable bonds is 5. The van der Waals surface area contributed by atoms with Gasteiger partial charge >= 0.3 is 0 Å². The summed E-state index contributed by atoms with van der Waals surface area (Å²) in [6, 6.07) is 6.51. The van der Waals surface area contributed by atoms with Crippen molar-refractivity contribution in [1.82, 2.24) is 0 Å². The maximum atomic E-state index is 5.62. The van der Waals surface area contributed by atoms with Crippen LogP contribution in [0.3, 0.4) is 0 Å². The van der Waals surface area contributed by atoms with Gasteiger partial charge in [0.05, 0.1) is 6.10 Å². The van der Waals surface area contributed by atoms with E-state index in [1.165, 1.54) is 27.8 Å². The molecule has 0 bridgehead atoms. The lowest BCUT2D eigenvalue weighted by atomic mass is 10.2. The number of thioether (sulfide) groups is 1. The molecule has 2 N–H and O–H groups in total. The smallest absolute Gasteiger partial charge is 0.0669 e. The number of hydrogen-bond acceptors (Lipinski definition) is 3. The number of hydrogen-bond donors (Lipinski definition) is 1. The van der Waals surface area contributed by atoms with Gasteiger partial charge in [0.15, 0.2) is 0 Å². The van der Waals surface area contributed by atoms with Gasteiger partial charge in [0.2, 0.25) is 0 Å². The largest absolute Gasteiger partial charge is 0.377 e. The molecule has 4 heteroatoms. The Balaban J connectivity index is 1.91. The zero-order valence-electron chi connectivity index (χ0n) is 9.82. The summed E-state index contributed by atoms with van der Waals surface area (Å²) in [5, 5.41) is 0. The molecule has 1 atom stereocenters. The van der Waals surface area contributed by atoms with Gasteiger partial charge in [-0.1, -0.05) is 6.07 Å². The summed E-state index contributed by atoms with van der Waals surface area (Å²) in [5.74, 6) is 1.05. The second-order valence-electron chi connectivity index (χ2n) is 4.25. The molecule has 1 aliphatic heterocycles. The Morgan fingerprint density at radius 1 is 1.47 bits per heavy atom. The van der Waals surface area contributed by atoms with E-state index < -0.39 is 0 Å². The van der Waals surface area contributed by atoms with Crippen LogP contribution < -0.4 is 5.73 Å². The van der Waals surface area contributed by atoms with Gasteiger partial charge in [-0.2, -0.15) is 0 Å². The highest BCUT2D eigenvalue weighted by molar-refractivity contribution is 9.10. The fourth-order valence-corrected chi connectivity index (χ4v) is 3.70. The SMILES string of the molecule is NCCc1ccc(SCC2CCCO2)c(Br)c1. The van der Waals surface area contributed by atoms with Gasteiger partial charge in [0.25, 0.3) is 0 Å². The molecule has 0 amide bonds. The van der Waals surface area contributed by atoms with E-state index in [0.717, 1.165) is 18.8 Å². The maximum Gasteiger partial charge on any atom is 0.0669 e. The van der Waals surface area contributed by atoms with Crippen molar-refractivity contribution in [3.8, 4) is 0 Å². The number of benzene rings is 1. The van der Waals surface area contributed by atoms with Crippen LogP contribution >= 0.6 is 27.7 Å². The Kier molecular flexibility index (Phi) is 5.35. The van der Waals surface area contributed by atoms with E-state index in [-0.39, 0.29) is 0 Å². The van der Waals surface area contributed by atoms with Crippen LogP contribution in [0.15, 0.2) is 27.6 Å². The van der Waals surface area contributed by atoms with E-state index in [0.29, 0.717) is 12.6 Å². The molecule has 0 aromatic heterocycles. The standard InChI is InChI=1S/C13H18BrNOS/c14-12-8-10(5-6-15)3-4-13(12)17-9-11-2-1-7-16-11/h3-4,8,11H,1-2,5-7,9,15H2. The topological polar surface area (TPSA) is 35.2 Å². The van der Waals surface area contributed by atoms with Crippen LogP contribution in [-0.4, -0.2) is 25.0 Å². The van der Waals surface area contributed by atoms with Gasteiger partial charge in [0, 0.05) is 21.7 Å². The molecule has 17 heavy (non-hydrogen) atoms. The summed E-state index contributed by atoms with van der Waals surface area (Å²) in [6.07, 6.45) is 3.79. The predicted molar refractivity (Wildman–Crippen MR) is 76.6 cm³/mol. The van der Waals surface area contributed by atoms with E-state index in [2.05, 4.69) is 34.1 Å². The van der Waals surface area contributed by atoms with E-state index >= 15 is 0 Å². The Bertz CT molecular complexity index is 366. The van der Waals surface area contributed by atoms with E-state index in [1.54, 1.807) is 0 Å². The highest BCUT2D eigenvalue weighted by atomic mass is 79.9. The number of nitrogens with two attached hydrogens (primary N) is 1. The first kappa shape index (κ1) is 13.4. The molecule has 1 fully saturated rings. The van der Waals surface area contributed by atoms with E-state index in [1.807, 2.05) is 11.8 Å². The third-order valence-electron chi connectivity index (χ3n) is 2.88. The maximum absolute atomic E-state index is 5.62. The minimum absolute atomic E-state index is 0.440. The Hall–Kier alpha value is -0.0300. The third kappa shape index (κ3) is 3.98. The lowest BCUT2D eigenvalue weighted by Gasteiger charge is -2.10. The van der Waals surface area contributed by atoms with E-state index in [4.69, 9.17) is 10.5 Å². The van der Waals surface area contributed by atoms with Crippen molar-refractivity contribution >= 4 is 27.7 Å². The van der Waals surface area contributed by atoms with Crippen molar-refractivity contribution in [2.75, 3.05) is 18.9 Å². The van der Waals surface area contributed by atoms with Crippen molar-refractivity contribution in [3.63, 3.8) is 0 Å². The van der Waals surface area contributed by atoms with Crippen LogP contribution in [0, 0.1) is 0 Å². The fraction of sp³-hybridized carbons (Fsp3) is 0.538. The van der Waals surface area contributed by atoms with Crippen LogP contribution in [0.5, 0.6) is 0 Å². The Morgan fingerprint density at radius 3 is 3.00 bits per heavy atom. The molecule has 1 aliphatic rings. The summed E-state index contributed by atoms with van der Waals surface area (Å²) < 4.78 is 6.80. The molecule has 1 saturated heterocycles. The van der Waals surface area contributed by atoms with Crippen LogP contribution in [0.25, 0.3) is 0 Å². The van der Waals surface area contributed by atoms with Gasteiger partial charge in [-0.25, -0.2) is 0 Å². The highest BCUT2D eigenvalue weighted by Gasteiger charge is 2.16. The van der Waals surface area contributed by atoms with Crippen molar-refractivity contribution in [1.29, 1.82) is 0 Å². The molecule has 0 radical (unpaired) electrons. The normalized spacial score (nSPS) is 19.8. The second-order valence-corrected chi connectivity index (χ2v) is 6.17. The first-order chi connectivity index (χ1) is 8.29. The number of halogens is 1. The summed E-state index contributed by atoms with van der Waals surface area (Å²) in [4.78, 5) is 1.29. The molecule has 1 unspecified atom stereocenters. The van der Waals surface area contributed by atoms with Crippen LogP contribution in [0.4, 0.5) is 0 Å². The van der Waals surface area contributed by atoms with Crippen molar-refractivity contribution in [2.45, 2.75) is 30.3 Å². The Labute approximate surface area is 115 Å². The molecular weight excluding hydrogens is 298 g/mol. The monoisotopic (exact) mass is 315 g/mol. The van der Waals surface area contributed by atoms with Crippen molar-refractivity contribution in [3.05, 3.63) is 28.2 Å². The van der Waals surface area contributed by atoms with Crippen LogP contribution in [-0.2, 0) is 11.2 Å². The van der Waals surface area contributed by atoms with Crippen LogP contribution in [0.1, 0.15) is 18.4 Å². The lowest BCUT2D eigenvalue weighted by Crippen LogP contribution is -2.07. The van der Waals surface area contributed by atoms with Crippen molar-refractivity contribution in [2.24, 2.45) is 5.73 Å². The molecular formula is C13H18BrNOS. The summed E-state index contributed by atoms with van der Waals surface area (Å²) in [5.41, 5.74) is 6.85. The lowest BCUT2D eigenvalue weighted by molar-refractivity contribution is 0.129. The highest BCUT2D eigenvalue weighted by Crippen LogP contribution is 2.30. The fourth-order valence-electron chi connectivity index (χ4n) is 1.94. The molecule has 1 aromatic rings. The molecule has 0 spiro atoms. The first-order valence-electron chi connectivity index (χ1n) is 6.02. The third-order valence-corrected chi connectivity index (χ3v) is 5.00. The zero-order chi connectivity index (χ0) is 12.1. The van der Waals surface area contributed by atoms with Gasteiger partial charge in [-0.15, -0.1) is 11.8 Å². The average molecular weight is 316 g/mol. The summed E-state index contributed by atoms with van der Waals surface area (Å²) in [6.45, 7) is 1.64. The molecule has 1 heterocycles. The van der Waals surface area contributed by atoms with Gasteiger partial charge in [-0.05, 0) is 59.4 Å². The predicted octanol–water partition coefficient (Wildman–Crippen LogP) is 3.22.